The molecule has 2 aliphatic rings. The molecule has 0 bridgehead atoms. The molecule has 0 radical (unpaired) electrons. The molecule has 0 atom stereocenters. The van der Waals surface area contributed by atoms with Gasteiger partial charge in [-0.1, -0.05) is 49.1 Å². The number of carbonyl (C=O) groups is 1. The minimum Gasteiger partial charge on any atom is -0.487 e. The Balaban J connectivity index is 1.49. The fraction of sp³-hybridized carbons (Fsp3) is 0.333. The third kappa shape index (κ3) is 4.75. The van der Waals surface area contributed by atoms with Crippen molar-refractivity contribution in [2.75, 3.05) is 7.05 Å². The monoisotopic (exact) mass is 458 g/mol. The van der Waals surface area contributed by atoms with Crippen molar-refractivity contribution in [3.05, 3.63) is 70.1 Å². The van der Waals surface area contributed by atoms with Crippen molar-refractivity contribution in [3.63, 3.8) is 0 Å². The SMILES string of the molecule is CN1C(=S)N(C2CCCCC2)C(=O)C1=Cc1ccc(OCc2ccc(F)cc2)c(Cl)c1. The van der Waals surface area contributed by atoms with Crippen LogP contribution in [-0.4, -0.2) is 33.9 Å². The Kier molecular flexibility index (Phi) is 6.58. The molecule has 0 N–H and O–H groups in total. The lowest BCUT2D eigenvalue weighted by Crippen LogP contribution is -2.41. The highest BCUT2D eigenvalue weighted by Gasteiger charge is 2.40. The van der Waals surface area contributed by atoms with E-state index in [1.807, 2.05) is 19.2 Å². The van der Waals surface area contributed by atoms with Gasteiger partial charge in [-0.25, -0.2) is 4.39 Å². The molecule has 31 heavy (non-hydrogen) atoms. The van der Waals surface area contributed by atoms with Crippen LogP contribution in [0.15, 0.2) is 48.2 Å². The maximum atomic E-state index is 13.1. The maximum absolute atomic E-state index is 13.1. The van der Waals surface area contributed by atoms with E-state index in [0.29, 0.717) is 21.6 Å². The van der Waals surface area contributed by atoms with Crippen LogP contribution in [0.4, 0.5) is 4.39 Å². The molecule has 7 heteroatoms. The van der Waals surface area contributed by atoms with Crippen LogP contribution in [-0.2, 0) is 11.4 Å². The third-order valence-corrected chi connectivity index (χ3v) is 6.56. The van der Waals surface area contributed by atoms with Crippen molar-refractivity contribution in [1.82, 2.24) is 9.80 Å². The molecule has 0 unspecified atom stereocenters. The first-order chi connectivity index (χ1) is 14.9. The van der Waals surface area contributed by atoms with E-state index in [9.17, 15) is 9.18 Å². The number of ether oxygens (including phenoxy) is 1. The van der Waals surface area contributed by atoms with E-state index in [-0.39, 0.29) is 24.4 Å². The minimum absolute atomic E-state index is 0.0489. The lowest BCUT2D eigenvalue weighted by Gasteiger charge is -2.30. The zero-order chi connectivity index (χ0) is 22.0. The van der Waals surface area contributed by atoms with E-state index in [2.05, 4.69) is 0 Å². The van der Waals surface area contributed by atoms with Gasteiger partial charge in [0, 0.05) is 13.1 Å². The van der Waals surface area contributed by atoms with Gasteiger partial charge in [-0.2, -0.15) is 0 Å². The molecule has 2 fully saturated rings. The van der Waals surface area contributed by atoms with Crippen LogP contribution in [0.3, 0.4) is 0 Å². The number of nitrogens with zero attached hydrogens (tertiary/aromatic N) is 2. The topological polar surface area (TPSA) is 32.8 Å². The van der Waals surface area contributed by atoms with Gasteiger partial charge in [-0.3, -0.25) is 9.69 Å². The number of halogens is 2. The summed E-state index contributed by atoms with van der Waals surface area (Å²) in [5.41, 5.74) is 2.19. The van der Waals surface area contributed by atoms with Gasteiger partial charge in [0.25, 0.3) is 5.91 Å². The summed E-state index contributed by atoms with van der Waals surface area (Å²) in [6.07, 6.45) is 7.30. The lowest BCUT2D eigenvalue weighted by molar-refractivity contribution is -0.124. The molecule has 162 valence electrons. The van der Waals surface area contributed by atoms with Gasteiger partial charge in [0.15, 0.2) is 5.11 Å². The second-order valence-electron chi connectivity index (χ2n) is 7.94. The average Bonchev–Trinajstić information content (AvgIpc) is 2.98. The van der Waals surface area contributed by atoms with Gasteiger partial charge in [0.1, 0.15) is 23.9 Å². The van der Waals surface area contributed by atoms with Crippen molar-refractivity contribution in [2.45, 2.75) is 44.8 Å². The average molecular weight is 459 g/mol. The zero-order valence-corrected chi connectivity index (χ0v) is 18.9. The molecule has 2 aromatic rings. The number of benzene rings is 2. The number of thiocarbonyl (C=S) groups is 1. The summed E-state index contributed by atoms with van der Waals surface area (Å²) < 4.78 is 18.8. The highest BCUT2D eigenvalue weighted by atomic mass is 35.5. The number of hydrogen-bond donors (Lipinski definition) is 0. The van der Waals surface area contributed by atoms with Crippen molar-refractivity contribution in [2.24, 2.45) is 0 Å². The molecule has 4 nitrogen and oxygen atoms in total. The van der Waals surface area contributed by atoms with Gasteiger partial charge >= 0.3 is 0 Å². The Labute approximate surface area is 192 Å². The van der Waals surface area contributed by atoms with Crippen LogP contribution < -0.4 is 4.74 Å². The summed E-state index contributed by atoms with van der Waals surface area (Å²) in [5.74, 6) is 0.192. The Hall–Kier alpha value is -2.44. The Bertz CT molecular complexity index is 1020. The molecule has 1 aliphatic carbocycles. The van der Waals surface area contributed by atoms with E-state index in [1.165, 1.54) is 18.6 Å². The normalized spacial score (nSPS) is 18.9. The molecule has 4 rings (SSSR count). The smallest absolute Gasteiger partial charge is 0.277 e. The standard InChI is InChI=1S/C24H24ClFN2O2S/c1-27-21(23(29)28(24(27)31)19-5-3-2-4-6-19)14-17-9-12-22(20(25)13-17)30-15-16-7-10-18(26)11-8-16/h7-14,19H,2-6,15H2,1H3. The van der Waals surface area contributed by atoms with Crippen LogP contribution in [0.1, 0.15) is 43.2 Å². The van der Waals surface area contributed by atoms with Crippen molar-refractivity contribution in [1.29, 1.82) is 0 Å². The zero-order valence-electron chi connectivity index (χ0n) is 17.3. The molecule has 1 aliphatic heterocycles. The minimum atomic E-state index is -0.285. The van der Waals surface area contributed by atoms with Crippen LogP contribution in [0.25, 0.3) is 6.08 Å². The second-order valence-corrected chi connectivity index (χ2v) is 8.72. The van der Waals surface area contributed by atoms with E-state index < -0.39 is 0 Å². The first-order valence-corrected chi connectivity index (χ1v) is 11.2. The molecular weight excluding hydrogens is 435 g/mol. The Morgan fingerprint density at radius 1 is 1.16 bits per heavy atom. The fourth-order valence-corrected chi connectivity index (χ4v) is 4.64. The molecule has 2 aromatic carbocycles. The van der Waals surface area contributed by atoms with Gasteiger partial charge in [0.05, 0.1) is 5.02 Å². The second kappa shape index (κ2) is 9.37. The van der Waals surface area contributed by atoms with Gasteiger partial charge in [0.2, 0.25) is 0 Å². The summed E-state index contributed by atoms with van der Waals surface area (Å²) in [4.78, 5) is 16.7. The number of hydrogen-bond acceptors (Lipinski definition) is 3. The van der Waals surface area contributed by atoms with Crippen molar-refractivity contribution >= 4 is 40.9 Å². The molecule has 1 saturated heterocycles. The van der Waals surface area contributed by atoms with Crippen LogP contribution in [0, 0.1) is 5.82 Å². The number of carbonyl (C=O) groups excluding carboxylic acids is 1. The van der Waals surface area contributed by atoms with Crippen LogP contribution in [0.5, 0.6) is 5.75 Å². The molecule has 1 heterocycles. The predicted molar refractivity (Wildman–Crippen MR) is 124 cm³/mol. The number of amides is 1. The summed E-state index contributed by atoms with van der Waals surface area (Å²) in [5, 5.41) is 1.00. The Morgan fingerprint density at radius 3 is 2.55 bits per heavy atom. The van der Waals surface area contributed by atoms with Gasteiger partial charge in [-0.05, 0) is 66.5 Å². The quantitative estimate of drug-likeness (QED) is 0.419. The van der Waals surface area contributed by atoms with E-state index in [4.69, 9.17) is 28.6 Å². The number of rotatable bonds is 5. The van der Waals surface area contributed by atoms with Gasteiger partial charge in [-0.15, -0.1) is 0 Å². The first kappa shape index (κ1) is 21.8. The Morgan fingerprint density at radius 2 is 1.87 bits per heavy atom. The number of likely N-dealkylation sites (N-methyl/N-ethyl adjacent to an activating group) is 1. The summed E-state index contributed by atoms with van der Waals surface area (Å²) in [6.45, 7) is 0.284. The van der Waals surface area contributed by atoms with Crippen molar-refractivity contribution < 1.29 is 13.9 Å². The van der Waals surface area contributed by atoms with E-state index in [1.54, 1.807) is 34.1 Å². The van der Waals surface area contributed by atoms with Gasteiger partial charge < -0.3 is 9.64 Å². The fourth-order valence-electron chi connectivity index (χ4n) is 4.06. The van der Waals surface area contributed by atoms with E-state index >= 15 is 0 Å². The summed E-state index contributed by atoms with van der Waals surface area (Å²) >= 11 is 12.0. The maximum Gasteiger partial charge on any atom is 0.277 e. The predicted octanol–water partition coefficient (Wildman–Crippen LogP) is 5.79. The van der Waals surface area contributed by atoms with Crippen LogP contribution >= 0.6 is 23.8 Å². The highest BCUT2D eigenvalue weighted by molar-refractivity contribution is 7.80. The molecule has 1 saturated carbocycles. The lowest BCUT2D eigenvalue weighted by atomic mass is 9.94. The largest absolute Gasteiger partial charge is 0.487 e. The molecular formula is C24H24ClFN2O2S. The van der Waals surface area contributed by atoms with E-state index in [0.717, 1.165) is 36.8 Å². The summed E-state index contributed by atoms with van der Waals surface area (Å²) in [7, 11) is 1.83. The van der Waals surface area contributed by atoms with Crippen molar-refractivity contribution in [3.8, 4) is 5.75 Å². The third-order valence-electron chi connectivity index (χ3n) is 5.80. The highest BCUT2D eigenvalue weighted by Crippen LogP contribution is 2.32. The first-order valence-electron chi connectivity index (χ1n) is 10.4. The summed E-state index contributed by atoms with van der Waals surface area (Å²) in [6, 6.07) is 11.7. The molecule has 0 spiro atoms. The van der Waals surface area contributed by atoms with Crippen LogP contribution in [0.2, 0.25) is 5.02 Å². The molecule has 1 amide bonds. The molecule has 0 aromatic heterocycles.